The molecule has 0 saturated carbocycles. The summed E-state index contributed by atoms with van der Waals surface area (Å²) in [6.07, 6.45) is 0. The molecule has 0 bridgehead atoms. The van der Waals surface area contributed by atoms with E-state index < -0.39 is 10.0 Å². The Morgan fingerprint density at radius 1 is 0.815 bits per heavy atom. The molecule has 0 unspecified atom stereocenters. The largest absolute Gasteiger partial charge is 0.338 e. The molecule has 1 aliphatic rings. The van der Waals surface area contributed by atoms with Gasteiger partial charge in [0.15, 0.2) is 0 Å². The summed E-state index contributed by atoms with van der Waals surface area (Å²) in [6, 6.07) is 16.9. The van der Waals surface area contributed by atoms with Crippen LogP contribution in [0.15, 0.2) is 65.6 Å². The monoisotopic (exact) mass is 387 g/mol. The van der Waals surface area contributed by atoms with Gasteiger partial charge in [-0.1, -0.05) is 36.4 Å². The summed E-state index contributed by atoms with van der Waals surface area (Å²) < 4.78 is 26.7. The summed E-state index contributed by atoms with van der Waals surface area (Å²) in [5, 5.41) is 0. The summed E-state index contributed by atoms with van der Waals surface area (Å²) in [6.45, 7) is 1.30. The molecule has 2 aromatic carbocycles. The fourth-order valence-electron chi connectivity index (χ4n) is 2.87. The van der Waals surface area contributed by atoms with E-state index in [1.807, 2.05) is 18.2 Å². The zero-order chi connectivity index (χ0) is 19.3. The summed E-state index contributed by atoms with van der Waals surface area (Å²) in [5.41, 5.74) is 0.618. The normalized spacial score (nSPS) is 14.8. The van der Waals surface area contributed by atoms with E-state index in [-0.39, 0.29) is 23.3 Å². The van der Waals surface area contributed by atoms with Gasteiger partial charge in [-0.05, 0) is 24.3 Å². The first-order valence-electron chi connectivity index (χ1n) is 8.64. The molecular formula is C19H21N3O4S. The van der Waals surface area contributed by atoms with Crippen molar-refractivity contribution >= 4 is 21.8 Å². The minimum absolute atomic E-state index is 0.0625. The van der Waals surface area contributed by atoms with Gasteiger partial charge in [-0.2, -0.15) is 0 Å². The number of piperazine rings is 1. The molecule has 1 N–H and O–H groups in total. The highest BCUT2D eigenvalue weighted by molar-refractivity contribution is 7.89. The molecule has 1 heterocycles. The lowest BCUT2D eigenvalue weighted by Crippen LogP contribution is -2.52. The zero-order valence-electron chi connectivity index (χ0n) is 14.7. The van der Waals surface area contributed by atoms with E-state index in [1.54, 1.807) is 40.1 Å². The van der Waals surface area contributed by atoms with Crippen molar-refractivity contribution in [2.75, 3.05) is 32.7 Å². The Morgan fingerprint density at radius 2 is 1.33 bits per heavy atom. The van der Waals surface area contributed by atoms with E-state index in [1.165, 1.54) is 12.1 Å². The van der Waals surface area contributed by atoms with Gasteiger partial charge >= 0.3 is 0 Å². The minimum Gasteiger partial charge on any atom is -0.338 e. The van der Waals surface area contributed by atoms with E-state index in [9.17, 15) is 18.0 Å². The van der Waals surface area contributed by atoms with Crippen molar-refractivity contribution in [3.05, 3.63) is 66.2 Å². The van der Waals surface area contributed by atoms with Crippen molar-refractivity contribution < 1.29 is 18.0 Å². The van der Waals surface area contributed by atoms with Crippen LogP contribution in [0.5, 0.6) is 0 Å². The summed E-state index contributed by atoms with van der Waals surface area (Å²) in [4.78, 5) is 28.1. The van der Waals surface area contributed by atoms with Gasteiger partial charge in [0.1, 0.15) is 0 Å². The van der Waals surface area contributed by atoms with Gasteiger partial charge in [-0.15, -0.1) is 0 Å². The number of hydrogen-bond acceptors (Lipinski definition) is 4. The maximum Gasteiger partial charge on any atom is 0.253 e. The Labute approximate surface area is 158 Å². The molecule has 0 aliphatic carbocycles. The average Bonchev–Trinajstić information content (AvgIpc) is 2.73. The number of rotatable bonds is 5. The first-order chi connectivity index (χ1) is 13.0. The molecule has 0 radical (unpaired) electrons. The molecule has 1 fully saturated rings. The fraction of sp³-hybridized carbons (Fsp3) is 0.263. The predicted molar refractivity (Wildman–Crippen MR) is 101 cm³/mol. The van der Waals surface area contributed by atoms with Gasteiger partial charge in [0.25, 0.3) is 5.91 Å². The van der Waals surface area contributed by atoms with Gasteiger partial charge < -0.3 is 9.80 Å². The van der Waals surface area contributed by atoms with Crippen molar-refractivity contribution in [1.82, 2.24) is 14.5 Å². The molecule has 2 amide bonds. The van der Waals surface area contributed by atoms with Crippen LogP contribution in [0.2, 0.25) is 0 Å². The van der Waals surface area contributed by atoms with Crippen LogP contribution in [-0.4, -0.2) is 62.8 Å². The number of carbonyl (C=O) groups excluding carboxylic acids is 2. The molecule has 1 aliphatic heterocycles. The maximum atomic E-state index is 12.4. The summed E-state index contributed by atoms with van der Waals surface area (Å²) >= 11 is 0. The zero-order valence-corrected chi connectivity index (χ0v) is 15.6. The number of nitrogens with one attached hydrogen (secondary N) is 1. The third kappa shape index (κ3) is 4.72. The van der Waals surface area contributed by atoms with Gasteiger partial charge in [-0.3, -0.25) is 9.59 Å². The second-order valence-electron chi connectivity index (χ2n) is 6.18. The van der Waals surface area contributed by atoms with Gasteiger partial charge in [0, 0.05) is 31.7 Å². The molecule has 0 atom stereocenters. The molecule has 3 rings (SSSR count). The Balaban J connectivity index is 1.51. The quantitative estimate of drug-likeness (QED) is 0.828. The van der Waals surface area contributed by atoms with Crippen LogP contribution in [0.1, 0.15) is 10.4 Å². The topological polar surface area (TPSA) is 86.8 Å². The number of nitrogens with zero attached hydrogens (tertiary/aromatic N) is 2. The highest BCUT2D eigenvalue weighted by Crippen LogP contribution is 2.10. The molecule has 8 heteroatoms. The van der Waals surface area contributed by atoms with Crippen LogP contribution in [0.25, 0.3) is 0 Å². The van der Waals surface area contributed by atoms with Crippen LogP contribution in [0.4, 0.5) is 0 Å². The van der Waals surface area contributed by atoms with Crippen molar-refractivity contribution in [3.63, 3.8) is 0 Å². The lowest BCUT2D eigenvalue weighted by molar-refractivity contribution is -0.131. The molecule has 7 nitrogen and oxygen atoms in total. The number of benzene rings is 2. The van der Waals surface area contributed by atoms with E-state index in [0.717, 1.165) is 0 Å². The summed E-state index contributed by atoms with van der Waals surface area (Å²) in [7, 11) is -3.72. The standard InChI is InChI=1S/C19H21N3O4S/c23-18(15-20-27(25,26)17-9-5-2-6-10-17)21-11-13-22(14-12-21)19(24)16-7-3-1-4-8-16/h1-10,20H,11-15H2. The second kappa shape index (κ2) is 8.32. The molecular weight excluding hydrogens is 366 g/mol. The third-order valence-corrected chi connectivity index (χ3v) is 5.82. The van der Waals surface area contributed by atoms with Crippen molar-refractivity contribution in [1.29, 1.82) is 0 Å². The van der Waals surface area contributed by atoms with E-state index in [0.29, 0.717) is 31.7 Å². The van der Waals surface area contributed by atoms with Gasteiger partial charge in [0.05, 0.1) is 11.4 Å². The Kier molecular flexibility index (Phi) is 5.88. The molecule has 0 spiro atoms. The van der Waals surface area contributed by atoms with E-state index >= 15 is 0 Å². The SMILES string of the molecule is O=C(CNS(=O)(=O)c1ccccc1)N1CCN(C(=O)c2ccccc2)CC1. The smallest absolute Gasteiger partial charge is 0.253 e. The first-order valence-corrected chi connectivity index (χ1v) is 10.1. The summed E-state index contributed by atoms with van der Waals surface area (Å²) in [5.74, 6) is -0.367. The number of carbonyl (C=O) groups is 2. The molecule has 2 aromatic rings. The molecule has 1 saturated heterocycles. The van der Waals surface area contributed by atoms with Crippen LogP contribution in [0, 0.1) is 0 Å². The van der Waals surface area contributed by atoms with Crippen molar-refractivity contribution in [3.8, 4) is 0 Å². The van der Waals surface area contributed by atoms with Crippen LogP contribution in [-0.2, 0) is 14.8 Å². The highest BCUT2D eigenvalue weighted by Gasteiger charge is 2.25. The maximum absolute atomic E-state index is 12.4. The number of hydrogen-bond donors (Lipinski definition) is 1. The Morgan fingerprint density at radius 3 is 1.93 bits per heavy atom. The second-order valence-corrected chi connectivity index (χ2v) is 7.94. The third-order valence-electron chi connectivity index (χ3n) is 4.41. The predicted octanol–water partition coefficient (Wildman–Crippen LogP) is 0.949. The number of sulfonamides is 1. The first kappa shape index (κ1) is 19.1. The van der Waals surface area contributed by atoms with Crippen molar-refractivity contribution in [2.45, 2.75) is 4.90 Å². The fourth-order valence-corrected chi connectivity index (χ4v) is 3.87. The minimum atomic E-state index is -3.72. The van der Waals surface area contributed by atoms with E-state index in [4.69, 9.17) is 0 Å². The Bertz CT molecular complexity index is 893. The average molecular weight is 387 g/mol. The Hall–Kier alpha value is -2.71. The van der Waals surface area contributed by atoms with E-state index in [2.05, 4.69) is 4.72 Å². The van der Waals surface area contributed by atoms with Crippen LogP contribution < -0.4 is 4.72 Å². The number of amides is 2. The molecule has 0 aromatic heterocycles. The lowest BCUT2D eigenvalue weighted by atomic mass is 10.2. The lowest BCUT2D eigenvalue weighted by Gasteiger charge is -2.34. The molecule has 27 heavy (non-hydrogen) atoms. The highest BCUT2D eigenvalue weighted by atomic mass is 32.2. The van der Waals surface area contributed by atoms with Crippen LogP contribution >= 0.6 is 0 Å². The van der Waals surface area contributed by atoms with Crippen molar-refractivity contribution in [2.24, 2.45) is 0 Å². The molecule has 142 valence electrons. The van der Waals surface area contributed by atoms with Crippen LogP contribution in [0.3, 0.4) is 0 Å². The van der Waals surface area contributed by atoms with Gasteiger partial charge in [-0.25, -0.2) is 13.1 Å². The van der Waals surface area contributed by atoms with Gasteiger partial charge in [0.2, 0.25) is 15.9 Å².